The number of alkyl halides is 3. The minimum atomic E-state index is -4.76. The third-order valence-electron chi connectivity index (χ3n) is 1.11. The molecule has 3 nitrogen and oxygen atoms in total. The second-order valence-electron chi connectivity index (χ2n) is 1.99. The van der Waals surface area contributed by atoms with Gasteiger partial charge in [0.05, 0.1) is 0 Å². The van der Waals surface area contributed by atoms with Crippen LogP contribution in [0.2, 0.25) is 0 Å². The van der Waals surface area contributed by atoms with Crippen LogP contribution < -0.4 is 4.87 Å². The zero-order valence-electron chi connectivity index (χ0n) is 5.74. The van der Waals surface area contributed by atoms with Gasteiger partial charge in [0, 0.05) is 0 Å². The molecule has 0 aliphatic rings. The minimum absolute atomic E-state index is 0.137. The van der Waals surface area contributed by atoms with E-state index in [9.17, 15) is 22.8 Å². The number of hydrogen-bond donors (Lipinski definition) is 1. The number of carbonyl (C=O) groups is 1. The molecule has 0 amide bonds. The first-order valence-electron chi connectivity index (χ1n) is 2.82. The summed E-state index contributed by atoms with van der Waals surface area (Å²) in [4.78, 5) is 20.7. The van der Waals surface area contributed by atoms with E-state index in [2.05, 4.69) is 0 Å². The van der Waals surface area contributed by atoms with E-state index in [1.165, 1.54) is 4.98 Å². The Morgan fingerprint density at radius 2 is 2.00 bits per heavy atom. The maximum Gasteiger partial charge on any atom is 0.432 e. The van der Waals surface area contributed by atoms with Crippen LogP contribution in [0.25, 0.3) is 0 Å². The first-order chi connectivity index (χ1) is 5.82. The summed E-state index contributed by atoms with van der Waals surface area (Å²) in [5.41, 5.74) is -1.39. The van der Waals surface area contributed by atoms with Crippen molar-refractivity contribution < 1.29 is 18.0 Å². The third kappa shape index (κ3) is 2.10. The highest BCUT2D eigenvalue weighted by Crippen LogP contribution is 2.31. The number of hydrogen-bond acceptors (Lipinski definition) is 3. The molecule has 0 spiro atoms. The highest BCUT2D eigenvalue weighted by Gasteiger charge is 2.37. The molecule has 8 heteroatoms. The summed E-state index contributed by atoms with van der Waals surface area (Å²) in [6.45, 7) is 0. The number of halogens is 4. The molecule has 0 aromatic carbocycles. The molecule has 0 atom stereocenters. The molecule has 1 N–H and O–H groups in total. The number of carbonyl (C=O) groups excluding carboxylic acids is 1. The van der Waals surface area contributed by atoms with Gasteiger partial charge >= 0.3 is 11.0 Å². The molecule has 0 unspecified atom stereocenters. The van der Waals surface area contributed by atoms with Crippen LogP contribution >= 0.6 is 22.9 Å². The number of aromatic amines is 1. The molecule has 0 fully saturated rings. The SMILES string of the molecule is O=C(Cl)c1sc(=O)[nH]c1C(F)(F)F. The first-order valence-corrected chi connectivity index (χ1v) is 4.02. The van der Waals surface area contributed by atoms with Crippen molar-refractivity contribution >= 4 is 28.2 Å². The highest BCUT2D eigenvalue weighted by molar-refractivity contribution is 7.13. The predicted molar refractivity (Wildman–Crippen MR) is 40.1 cm³/mol. The molecule has 0 bridgehead atoms. The molecule has 13 heavy (non-hydrogen) atoms. The van der Waals surface area contributed by atoms with E-state index in [4.69, 9.17) is 11.6 Å². The van der Waals surface area contributed by atoms with Crippen molar-refractivity contribution in [2.24, 2.45) is 0 Å². The van der Waals surface area contributed by atoms with Crippen molar-refractivity contribution in [3.05, 3.63) is 20.2 Å². The maximum absolute atomic E-state index is 12.0. The average molecular weight is 232 g/mol. The lowest BCUT2D eigenvalue weighted by atomic mass is 10.4. The van der Waals surface area contributed by atoms with Crippen LogP contribution in [0.15, 0.2) is 4.79 Å². The summed E-state index contributed by atoms with van der Waals surface area (Å²) >= 11 is 4.98. The molecule has 1 aromatic heterocycles. The quantitative estimate of drug-likeness (QED) is 0.750. The van der Waals surface area contributed by atoms with Crippen LogP contribution in [0.1, 0.15) is 15.4 Å². The van der Waals surface area contributed by atoms with Gasteiger partial charge in [-0.1, -0.05) is 11.3 Å². The Hall–Kier alpha value is -0.820. The van der Waals surface area contributed by atoms with Gasteiger partial charge in [-0.15, -0.1) is 0 Å². The summed E-state index contributed by atoms with van der Waals surface area (Å²) < 4.78 is 36.1. The fourth-order valence-electron chi connectivity index (χ4n) is 0.666. The van der Waals surface area contributed by atoms with E-state index in [1.54, 1.807) is 0 Å². The number of nitrogens with one attached hydrogen (secondary N) is 1. The smallest absolute Gasteiger partial charge is 0.308 e. The van der Waals surface area contributed by atoms with Gasteiger partial charge in [-0.05, 0) is 11.6 Å². The van der Waals surface area contributed by atoms with Crippen LogP contribution in [-0.2, 0) is 6.18 Å². The topological polar surface area (TPSA) is 49.9 Å². The number of H-pyrrole nitrogens is 1. The summed E-state index contributed by atoms with van der Waals surface area (Å²) in [7, 11) is 0. The van der Waals surface area contributed by atoms with Crippen LogP contribution in [0.4, 0.5) is 13.2 Å². The van der Waals surface area contributed by atoms with Gasteiger partial charge in [0.1, 0.15) is 10.6 Å². The summed E-state index contributed by atoms with van der Waals surface area (Å²) in [6.07, 6.45) is -4.76. The van der Waals surface area contributed by atoms with Crippen molar-refractivity contribution in [3.63, 3.8) is 0 Å². The van der Waals surface area contributed by atoms with Gasteiger partial charge in [-0.3, -0.25) is 9.59 Å². The Balaban J connectivity index is 3.36. The van der Waals surface area contributed by atoms with Crippen LogP contribution in [0.3, 0.4) is 0 Å². The van der Waals surface area contributed by atoms with E-state index < -0.39 is 26.9 Å². The highest BCUT2D eigenvalue weighted by atomic mass is 35.5. The molecule has 0 saturated heterocycles. The monoisotopic (exact) mass is 231 g/mol. The van der Waals surface area contributed by atoms with Crippen molar-refractivity contribution in [1.82, 2.24) is 4.98 Å². The van der Waals surface area contributed by atoms with Gasteiger partial charge in [-0.2, -0.15) is 13.2 Å². The van der Waals surface area contributed by atoms with Gasteiger partial charge in [0.15, 0.2) is 0 Å². The summed E-state index contributed by atoms with van der Waals surface area (Å²) in [6, 6.07) is 0. The Kier molecular flexibility index (Phi) is 2.49. The molecule has 0 radical (unpaired) electrons. The number of rotatable bonds is 1. The molecule has 1 rings (SSSR count). The van der Waals surface area contributed by atoms with Crippen molar-refractivity contribution in [2.75, 3.05) is 0 Å². The minimum Gasteiger partial charge on any atom is -0.308 e. The Labute approximate surface area is 78.1 Å². The van der Waals surface area contributed by atoms with Gasteiger partial charge in [0.2, 0.25) is 0 Å². The fraction of sp³-hybridized carbons (Fsp3) is 0.200. The van der Waals surface area contributed by atoms with Crippen LogP contribution in [0.5, 0.6) is 0 Å². The summed E-state index contributed by atoms with van der Waals surface area (Å²) in [5.74, 6) is 0. The molecule has 1 heterocycles. The Bertz CT molecular complexity index is 393. The lowest BCUT2D eigenvalue weighted by Gasteiger charge is -2.02. The van der Waals surface area contributed by atoms with Gasteiger partial charge in [-0.25, -0.2) is 0 Å². The van der Waals surface area contributed by atoms with E-state index in [1.807, 2.05) is 0 Å². The van der Waals surface area contributed by atoms with E-state index in [-0.39, 0.29) is 11.3 Å². The largest absolute Gasteiger partial charge is 0.432 e. The molecular formula is C5HClF3NO2S. The van der Waals surface area contributed by atoms with E-state index in [0.717, 1.165) is 0 Å². The molecule has 72 valence electrons. The third-order valence-corrected chi connectivity index (χ3v) is 2.29. The summed E-state index contributed by atoms with van der Waals surface area (Å²) in [5, 5.41) is -1.30. The first kappa shape index (κ1) is 10.3. The molecule has 1 aromatic rings. The maximum atomic E-state index is 12.0. The van der Waals surface area contributed by atoms with E-state index in [0.29, 0.717) is 0 Å². The van der Waals surface area contributed by atoms with Gasteiger partial charge in [0.25, 0.3) is 5.24 Å². The van der Waals surface area contributed by atoms with E-state index >= 15 is 0 Å². The second-order valence-corrected chi connectivity index (χ2v) is 3.32. The molecule has 0 aliphatic carbocycles. The van der Waals surface area contributed by atoms with Crippen molar-refractivity contribution in [1.29, 1.82) is 0 Å². The molecule has 0 aliphatic heterocycles. The van der Waals surface area contributed by atoms with Crippen molar-refractivity contribution in [3.8, 4) is 0 Å². The fourth-order valence-corrected chi connectivity index (χ4v) is 1.56. The standard InChI is InChI=1S/C5HClF3NO2S/c6-3(11)1-2(5(7,8)9)10-4(12)13-1/h(H,10,12). The predicted octanol–water partition coefficient (Wildman–Crippen LogP) is 1.83. The zero-order valence-corrected chi connectivity index (χ0v) is 7.31. The number of thiazole rings is 1. The average Bonchev–Trinajstić information content (AvgIpc) is 2.29. The van der Waals surface area contributed by atoms with Crippen LogP contribution in [-0.4, -0.2) is 10.2 Å². The lowest BCUT2D eigenvalue weighted by molar-refractivity contribution is -0.141. The Morgan fingerprint density at radius 3 is 2.31 bits per heavy atom. The van der Waals surface area contributed by atoms with Crippen LogP contribution in [0, 0.1) is 0 Å². The second kappa shape index (κ2) is 3.15. The molecular weight excluding hydrogens is 231 g/mol. The number of aromatic nitrogens is 1. The molecule has 0 saturated carbocycles. The lowest BCUT2D eigenvalue weighted by Crippen LogP contribution is -2.11. The Morgan fingerprint density at radius 1 is 1.46 bits per heavy atom. The normalized spacial score (nSPS) is 11.7. The zero-order chi connectivity index (χ0) is 10.2. The van der Waals surface area contributed by atoms with Gasteiger partial charge < -0.3 is 4.98 Å². The van der Waals surface area contributed by atoms with Crippen molar-refractivity contribution in [2.45, 2.75) is 6.18 Å².